The van der Waals surface area contributed by atoms with E-state index in [0.717, 1.165) is 11.1 Å². The van der Waals surface area contributed by atoms with Crippen molar-refractivity contribution in [1.29, 1.82) is 0 Å². The second-order valence-electron chi connectivity index (χ2n) is 4.98. The Labute approximate surface area is 142 Å². The Kier molecular flexibility index (Phi) is 4.37. The molecule has 1 N–H and O–H groups in total. The maximum absolute atomic E-state index is 10.9. The third-order valence-corrected chi connectivity index (χ3v) is 4.28. The lowest BCUT2D eigenvalue weighted by atomic mass is 10.1. The van der Waals surface area contributed by atoms with Crippen molar-refractivity contribution in [3.63, 3.8) is 0 Å². The zero-order valence-electron chi connectivity index (χ0n) is 11.9. The highest BCUT2D eigenvalue weighted by Crippen LogP contribution is 2.32. The molecule has 0 aliphatic rings. The predicted molar refractivity (Wildman–Crippen MR) is 90.2 cm³/mol. The zero-order chi connectivity index (χ0) is 16.4. The molecule has 4 nitrogen and oxygen atoms in total. The highest BCUT2D eigenvalue weighted by Gasteiger charge is 2.12. The van der Waals surface area contributed by atoms with E-state index >= 15 is 0 Å². The van der Waals surface area contributed by atoms with Gasteiger partial charge >= 0.3 is 5.97 Å². The zero-order valence-corrected chi connectivity index (χ0v) is 13.4. The average Bonchev–Trinajstić information content (AvgIpc) is 2.98. The molecule has 0 amide bonds. The van der Waals surface area contributed by atoms with Crippen LogP contribution >= 0.6 is 23.2 Å². The van der Waals surface area contributed by atoms with Crippen LogP contribution in [0.5, 0.6) is 0 Å². The standard InChI is InChI=1S/C17H12Cl2N2O2/c18-14-3-1-2-13(15(14)19)16-20-8-9-21(16)10-11-4-6-12(7-5-11)17(22)23/h1-9H,10H2,(H,22,23). The summed E-state index contributed by atoms with van der Waals surface area (Å²) in [4.78, 5) is 15.3. The summed E-state index contributed by atoms with van der Waals surface area (Å²) < 4.78 is 1.94. The molecule has 0 saturated carbocycles. The van der Waals surface area contributed by atoms with Crippen LogP contribution in [0.1, 0.15) is 15.9 Å². The number of aromatic carboxylic acids is 1. The first-order valence-electron chi connectivity index (χ1n) is 6.84. The Bertz CT molecular complexity index is 857. The third-order valence-electron chi connectivity index (χ3n) is 3.46. The highest BCUT2D eigenvalue weighted by atomic mass is 35.5. The summed E-state index contributed by atoms with van der Waals surface area (Å²) in [6.45, 7) is 0.554. The fourth-order valence-electron chi connectivity index (χ4n) is 2.31. The fourth-order valence-corrected chi connectivity index (χ4v) is 2.69. The predicted octanol–water partition coefficient (Wildman–Crippen LogP) is 4.60. The summed E-state index contributed by atoms with van der Waals surface area (Å²) in [6.07, 6.45) is 3.54. The molecule has 116 valence electrons. The smallest absolute Gasteiger partial charge is 0.335 e. The SMILES string of the molecule is O=C(O)c1ccc(Cn2ccnc2-c2cccc(Cl)c2Cl)cc1. The van der Waals surface area contributed by atoms with Gasteiger partial charge in [0, 0.05) is 24.5 Å². The van der Waals surface area contributed by atoms with E-state index in [0.29, 0.717) is 22.4 Å². The van der Waals surface area contributed by atoms with E-state index in [-0.39, 0.29) is 5.56 Å². The first-order chi connectivity index (χ1) is 11.1. The molecule has 1 heterocycles. The Hall–Kier alpha value is -2.30. The van der Waals surface area contributed by atoms with Crippen LogP contribution in [0.25, 0.3) is 11.4 Å². The molecule has 6 heteroatoms. The molecule has 0 bridgehead atoms. The Balaban J connectivity index is 1.92. The second-order valence-corrected chi connectivity index (χ2v) is 5.77. The Morgan fingerprint density at radius 3 is 2.57 bits per heavy atom. The topological polar surface area (TPSA) is 55.1 Å². The molecule has 23 heavy (non-hydrogen) atoms. The molecule has 0 radical (unpaired) electrons. The van der Waals surface area contributed by atoms with Crippen LogP contribution in [0, 0.1) is 0 Å². The van der Waals surface area contributed by atoms with Crippen molar-refractivity contribution in [2.24, 2.45) is 0 Å². The second kappa shape index (κ2) is 6.44. The molecular weight excluding hydrogens is 335 g/mol. The lowest BCUT2D eigenvalue weighted by Gasteiger charge is -2.10. The van der Waals surface area contributed by atoms with Crippen LogP contribution in [0.4, 0.5) is 0 Å². The third kappa shape index (κ3) is 3.23. The minimum atomic E-state index is -0.939. The first-order valence-corrected chi connectivity index (χ1v) is 7.59. The van der Waals surface area contributed by atoms with Crippen molar-refractivity contribution in [1.82, 2.24) is 9.55 Å². The molecule has 0 atom stereocenters. The van der Waals surface area contributed by atoms with Gasteiger partial charge in [0.15, 0.2) is 0 Å². The highest BCUT2D eigenvalue weighted by molar-refractivity contribution is 6.43. The summed E-state index contributed by atoms with van der Waals surface area (Å²) in [5.74, 6) is -0.231. The van der Waals surface area contributed by atoms with Gasteiger partial charge in [-0.25, -0.2) is 9.78 Å². The molecule has 0 aliphatic carbocycles. The molecule has 2 aromatic carbocycles. The van der Waals surface area contributed by atoms with Crippen LogP contribution in [-0.2, 0) is 6.54 Å². The molecular formula is C17H12Cl2N2O2. The molecule has 3 rings (SSSR count). The number of rotatable bonds is 4. The van der Waals surface area contributed by atoms with Gasteiger partial charge in [-0.1, -0.05) is 41.4 Å². The van der Waals surface area contributed by atoms with Gasteiger partial charge in [0.1, 0.15) is 5.82 Å². The van der Waals surface area contributed by atoms with Crippen LogP contribution in [0.2, 0.25) is 10.0 Å². The van der Waals surface area contributed by atoms with Crippen molar-refractivity contribution >= 4 is 29.2 Å². The number of carboxylic acid groups (broad SMARTS) is 1. The van der Waals surface area contributed by atoms with E-state index in [2.05, 4.69) is 4.98 Å². The average molecular weight is 347 g/mol. The summed E-state index contributed by atoms with van der Waals surface area (Å²) >= 11 is 12.3. The lowest BCUT2D eigenvalue weighted by Crippen LogP contribution is -2.02. The van der Waals surface area contributed by atoms with Crippen LogP contribution in [0.15, 0.2) is 54.9 Å². The number of halogens is 2. The van der Waals surface area contributed by atoms with Gasteiger partial charge in [0.2, 0.25) is 0 Å². The van der Waals surface area contributed by atoms with Crippen LogP contribution in [-0.4, -0.2) is 20.6 Å². The molecule has 0 saturated heterocycles. The van der Waals surface area contributed by atoms with Gasteiger partial charge in [-0.05, 0) is 29.8 Å². The number of imidazole rings is 1. The summed E-state index contributed by atoms with van der Waals surface area (Å²) in [7, 11) is 0. The van der Waals surface area contributed by atoms with Crippen LogP contribution in [0.3, 0.4) is 0 Å². The number of nitrogens with zero attached hydrogens (tertiary/aromatic N) is 2. The number of carboxylic acids is 1. The van der Waals surface area contributed by atoms with Gasteiger partial charge < -0.3 is 9.67 Å². The van der Waals surface area contributed by atoms with E-state index in [9.17, 15) is 4.79 Å². The van der Waals surface area contributed by atoms with Crippen molar-refractivity contribution in [2.75, 3.05) is 0 Å². The van der Waals surface area contributed by atoms with Gasteiger partial charge in [-0.15, -0.1) is 0 Å². The number of carbonyl (C=O) groups is 1. The van der Waals surface area contributed by atoms with Crippen molar-refractivity contribution in [3.8, 4) is 11.4 Å². The van der Waals surface area contributed by atoms with E-state index in [4.69, 9.17) is 28.3 Å². The van der Waals surface area contributed by atoms with E-state index in [1.54, 1.807) is 36.5 Å². The van der Waals surface area contributed by atoms with E-state index in [1.807, 2.05) is 22.9 Å². The fraction of sp³-hybridized carbons (Fsp3) is 0.0588. The normalized spacial score (nSPS) is 10.7. The molecule has 0 aliphatic heterocycles. The minimum absolute atomic E-state index is 0.262. The number of benzene rings is 2. The lowest BCUT2D eigenvalue weighted by molar-refractivity contribution is 0.0697. The summed E-state index contributed by atoms with van der Waals surface area (Å²) in [5, 5.41) is 9.88. The maximum Gasteiger partial charge on any atom is 0.335 e. The largest absolute Gasteiger partial charge is 0.478 e. The van der Waals surface area contributed by atoms with E-state index in [1.165, 1.54) is 0 Å². The van der Waals surface area contributed by atoms with Crippen LogP contribution < -0.4 is 0 Å². The van der Waals surface area contributed by atoms with E-state index < -0.39 is 5.97 Å². The maximum atomic E-state index is 10.9. The molecule has 0 spiro atoms. The Morgan fingerprint density at radius 2 is 1.87 bits per heavy atom. The van der Waals surface area contributed by atoms with Gasteiger partial charge in [0.05, 0.1) is 15.6 Å². The summed E-state index contributed by atoms with van der Waals surface area (Å²) in [5.41, 5.74) is 1.98. The van der Waals surface area contributed by atoms with Crippen molar-refractivity contribution in [3.05, 3.63) is 76.0 Å². The number of hydrogen-bond donors (Lipinski definition) is 1. The van der Waals surface area contributed by atoms with Gasteiger partial charge in [-0.2, -0.15) is 0 Å². The molecule has 0 unspecified atom stereocenters. The van der Waals surface area contributed by atoms with Crippen molar-refractivity contribution in [2.45, 2.75) is 6.54 Å². The first kappa shape index (κ1) is 15.6. The van der Waals surface area contributed by atoms with Gasteiger partial charge in [0.25, 0.3) is 0 Å². The molecule has 1 aromatic heterocycles. The minimum Gasteiger partial charge on any atom is -0.478 e. The summed E-state index contributed by atoms with van der Waals surface area (Å²) in [6, 6.07) is 12.1. The number of aromatic nitrogens is 2. The van der Waals surface area contributed by atoms with Gasteiger partial charge in [-0.3, -0.25) is 0 Å². The number of hydrogen-bond acceptors (Lipinski definition) is 2. The molecule has 0 fully saturated rings. The van der Waals surface area contributed by atoms with Crippen molar-refractivity contribution < 1.29 is 9.90 Å². The Morgan fingerprint density at radius 1 is 1.13 bits per heavy atom. The quantitative estimate of drug-likeness (QED) is 0.750. The monoisotopic (exact) mass is 346 g/mol. The molecule has 3 aromatic rings.